The molecule has 0 radical (unpaired) electrons. The summed E-state index contributed by atoms with van der Waals surface area (Å²) >= 11 is 18.2. The van der Waals surface area contributed by atoms with Crippen molar-refractivity contribution in [3.8, 4) is 5.75 Å². The van der Waals surface area contributed by atoms with Gasteiger partial charge in [0.15, 0.2) is 0 Å². The van der Waals surface area contributed by atoms with E-state index in [9.17, 15) is 0 Å². The largest absolute Gasteiger partial charge is 0.485 e. The second-order valence-electron chi connectivity index (χ2n) is 4.47. The Morgan fingerprint density at radius 3 is 2.48 bits per heavy atom. The molecule has 0 saturated heterocycles. The van der Waals surface area contributed by atoms with Crippen LogP contribution in [0.15, 0.2) is 12.1 Å². The second kappa shape index (κ2) is 6.77. The van der Waals surface area contributed by atoms with Gasteiger partial charge in [-0.25, -0.2) is 0 Å². The third-order valence-corrected chi connectivity index (χ3v) is 4.27. The number of nitrogens with zero attached hydrogens (tertiary/aromatic N) is 2. The quantitative estimate of drug-likeness (QED) is 0.804. The third kappa shape index (κ3) is 3.39. The number of ether oxygens (including phenoxy) is 1. The number of hydrogen-bond donors (Lipinski definition) is 1. The fourth-order valence-electron chi connectivity index (χ4n) is 1.97. The van der Waals surface area contributed by atoms with E-state index in [0.717, 1.165) is 24.4 Å². The molecule has 0 unspecified atom stereocenters. The molecule has 1 heterocycles. The molecule has 21 heavy (non-hydrogen) atoms. The predicted molar refractivity (Wildman–Crippen MR) is 87.5 cm³/mol. The molecule has 2 aromatic rings. The van der Waals surface area contributed by atoms with E-state index in [0.29, 0.717) is 26.5 Å². The number of benzene rings is 1. The Hall–Kier alpha value is -1.10. The van der Waals surface area contributed by atoms with Gasteiger partial charge in [-0.3, -0.25) is 4.68 Å². The summed E-state index contributed by atoms with van der Waals surface area (Å²) in [5.41, 5.74) is 7.98. The Labute approximate surface area is 138 Å². The van der Waals surface area contributed by atoms with E-state index in [1.165, 1.54) is 0 Å². The van der Waals surface area contributed by atoms with Crippen LogP contribution in [0.4, 0.5) is 5.69 Å². The molecule has 0 aliphatic heterocycles. The second-order valence-corrected chi connectivity index (χ2v) is 5.66. The van der Waals surface area contributed by atoms with Crippen molar-refractivity contribution in [2.75, 3.05) is 5.73 Å². The topological polar surface area (TPSA) is 53.1 Å². The number of aromatic nitrogens is 2. The van der Waals surface area contributed by atoms with Crippen molar-refractivity contribution in [3.63, 3.8) is 0 Å². The highest BCUT2D eigenvalue weighted by Gasteiger charge is 2.15. The minimum absolute atomic E-state index is 0.266. The maximum Gasteiger partial charge on any atom is 0.144 e. The highest BCUT2D eigenvalue weighted by atomic mass is 35.5. The van der Waals surface area contributed by atoms with Crippen LogP contribution in [-0.4, -0.2) is 9.78 Å². The van der Waals surface area contributed by atoms with Gasteiger partial charge in [0.1, 0.15) is 12.4 Å². The Balaban J connectivity index is 2.24. The normalized spacial score (nSPS) is 10.9. The Morgan fingerprint density at radius 2 is 1.86 bits per heavy atom. The van der Waals surface area contributed by atoms with E-state index >= 15 is 0 Å². The molecule has 1 aromatic heterocycles. The van der Waals surface area contributed by atoms with Gasteiger partial charge < -0.3 is 10.5 Å². The van der Waals surface area contributed by atoms with Crippen molar-refractivity contribution in [1.29, 1.82) is 0 Å². The lowest BCUT2D eigenvalue weighted by Crippen LogP contribution is -2.07. The van der Waals surface area contributed by atoms with E-state index < -0.39 is 0 Å². The molecule has 0 bridgehead atoms. The van der Waals surface area contributed by atoms with E-state index in [-0.39, 0.29) is 6.61 Å². The average molecular weight is 349 g/mol. The summed E-state index contributed by atoms with van der Waals surface area (Å²) in [5.74, 6) is 0.474. The van der Waals surface area contributed by atoms with Crippen molar-refractivity contribution in [3.05, 3.63) is 38.6 Å². The maximum absolute atomic E-state index is 6.33. The monoisotopic (exact) mass is 347 g/mol. The Kier molecular flexibility index (Phi) is 5.25. The van der Waals surface area contributed by atoms with Crippen molar-refractivity contribution in [2.24, 2.45) is 0 Å². The predicted octanol–water partition coefficient (Wildman–Crippen LogP) is 4.59. The maximum atomic E-state index is 6.33. The minimum atomic E-state index is 0.266. The van der Waals surface area contributed by atoms with Crippen LogP contribution in [-0.2, 0) is 19.6 Å². The van der Waals surface area contributed by atoms with Crippen LogP contribution in [0.2, 0.25) is 15.1 Å². The molecule has 2 rings (SSSR count). The summed E-state index contributed by atoms with van der Waals surface area (Å²) < 4.78 is 7.55. The van der Waals surface area contributed by atoms with Gasteiger partial charge in [-0.2, -0.15) is 5.10 Å². The lowest BCUT2D eigenvalue weighted by molar-refractivity contribution is 0.294. The van der Waals surface area contributed by atoms with Crippen molar-refractivity contribution >= 4 is 40.5 Å². The molecule has 0 aliphatic rings. The fourth-order valence-corrected chi connectivity index (χ4v) is 2.62. The lowest BCUT2D eigenvalue weighted by Gasteiger charge is -2.11. The van der Waals surface area contributed by atoms with Crippen LogP contribution in [0.3, 0.4) is 0 Å². The first-order valence-electron chi connectivity index (χ1n) is 6.59. The highest BCUT2D eigenvalue weighted by molar-refractivity contribution is 6.42. The van der Waals surface area contributed by atoms with Crippen LogP contribution in [0.25, 0.3) is 0 Å². The number of rotatable bonds is 5. The Morgan fingerprint density at radius 1 is 1.19 bits per heavy atom. The smallest absolute Gasteiger partial charge is 0.144 e. The van der Waals surface area contributed by atoms with Gasteiger partial charge in [0, 0.05) is 12.6 Å². The summed E-state index contributed by atoms with van der Waals surface area (Å²) in [6, 6.07) is 3.16. The number of nitrogens with two attached hydrogens (primary N) is 1. The molecule has 1 aromatic carbocycles. The number of halogens is 3. The van der Waals surface area contributed by atoms with Crippen LogP contribution in [0, 0.1) is 0 Å². The van der Waals surface area contributed by atoms with Gasteiger partial charge in [0.2, 0.25) is 0 Å². The minimum Gasteiger partial charge on any atom is -0.485 e. The number of aryl methyl sites for hydroxylation is 2. The van der Waals surface area contributed by atoms with Crippen molar-refractivity contribution < 1.29 is 4.74 Å². The van der Waals surface area contributed by atoms with E-state index in [1.54, 1.807) is 12.1 Å². The molecule has 0 fully saturated rings. The van der Waals surface area contributed by atoms with Crippen LogP contribution < -0.4 is 10.5 Å². The van der Waals surface area contributed by atoms with Crippen LogP contribution >= 0.6 is 34.8 Å². The molecule has 0 atom stereocenters. The third-order valence-electron chi connectivity index (χ3n) is 3.11. The zero-order valence-corrected chi connectivity index (χ0v) is 14.1. The molecule has 0 aliphatic carbocycles. The number of hydrogen-bond acceptors (Lipinski definition) is 3. The highest BCUT2D eigenvalue weighted by Crippen LogP contribution is 2.33. The molecular formula is C14H16Cl3N3O. The van der Waals surface area contributed by atoms with Gasteiger partial charge in [-0.1, -0.05) is 41.7 Å². The molecular weight excluding hydrogens is 333 g/mol. The summed E-state index contributed by atoms with van der Waals surface area (Å²) in [6.45, 7) is 4.99. The molecule has 114 valence electrons. The van der Waals surface area contributed by atoms with Gasteiger partial charge in [0.05, 0.1) is 32.1 Å². The first kappa shape index (κ1) is 16.3. The average Bonchev–Trinajstić information content (AvgIpc) is 2.77. The van der Waals surface area contributed by atoms with Crippen molar-refractivity contribution in [1.82, 2.24) is 9.78 Å². The summed E-state index contributed by atoms with van der Waals surface area (Å²) in [6.07, 6.45) is 0.772. The van der Waals surface area contributed by atoms with Gasteiger partial charge in [-0.15, -0.1) is 0 Å². The first-order valence-corrected chi connectivity index (χ1v) is 7.72. The lowest BCUT2D eigenvalue weighted by atomic mass is 10.3. The van der Waals surface area contributed by atoms with E-state index in [1.807, 2.05) is 18.5 Å². The van der Waals surface area contributed by atoms with Gasteiger partial charge in [0.25, 0.3) is 0 Å². The van der Waals surface area contributed by atoms with E-state index in [2.05, 4.69) is 5.10 Å². The zero-order valence-electron chi connectivity index (χ0n) is 11.8. The molecule has 7 heteroatoms. The fraction of sp³-hybridized carbons (Fsp3) is 0.357. The Bertz CT molecular complexity index is 655. The van der Waals surface area contributed by atoms with Crippen LogP contribution in [0.1, 0.15) is 25.2 Å². The SMILES string of the molecule is CCc1nn(CC)c(COc2cc(Cl)c(Cl)cc2N)c1Cl. The molecule has 4 nitrogen and oxygen atoms in total. The zero-order chi connectivity index (χ0) is 15.6. The van der Waals surface area contributed by atoms with E-state index in [4.69, 9.17) is 45.3 Å². The van der Waals surface area contributed by atoms with Gasteiger partial charge in [-0.05, 0) is 19.4 Å². The molecule has 0 saturated carbocycles. The van der Waals surface area contributed by atoms with Crippen LogP contribution in [0.5, 0.6) is 5.75 Å². The molecule has 0 spiro atoms. The van der Waals surface area contributed by atoms with Gasteiger partial charge >= 0.3 is 0 Å². The van der Waals surface area contributed by atoms with Crippen molar-refractivity contribution in [2.45, 2.75) is 33.4 Å². The summed E-state index contributed by atoms with van der Waals surface area (Å²) in [7, 11) is 0. The summed E-state index contributed by atoms with van der Waals surface area (Å²) in [4.78, 5) is 0. The number of anilines is 1. The standard InChI is InChI=1S/C14H16Cl3N3O/c1-3-11-14(17)12(20(4-2)19-11)7-21-13-6-9(16)8(15)5-10(13)18/h5-6H,3-4,7,18H2,1-2H3. The first-order chi connectivity index (χ1) is 9.97. The number of nitrogen functional groups attached to an aromatic ring is 1. The molecule has 2 N–H and O–H groups in total. The summed E-state index contributed by atoms with van der Waals surface area (Å²) in [5, 5.41) is 5.86. The molecule has 0 amide bonds.